The van der Waals surface area contributed by atoms with Crippen LogP contribution in [0.5, 0.6) is 0 Å². The van der Waals surface area contributed by atoms with Gasteiger partial charge in [0.25, 0.3) is 0 Å². The van der Waals surface area contributed by atoms with Gasteiger partial charge < -0.3 is 15.4 Å². The first kappa shape index (κ1) is 15.4. The third kappa shape index (κ3) is 3.75. The number of carbonyl (C=O) groups is 1. The summed E-state index contributed by atoms with van der Waals surface area (Å²) < 4.78 is 5.13. The lowest BCUT2D eigenvalue weighted by Crippen LogP contribution is -2.46. The standard InChI is InChI=1S/C15H22N2O2S/c1-19-9-8-17(13-7-10-20-11-13)15(18)14(16)12-5-3-2-4-6-12/h2-6,13-14H,7-11,16H2,1H3. The monoisotopic (exact) mass is 294 g/mol. The smallest absolute Gasteiger partial charge is 0.244 e. The molecule has 2 unspecified atom stereocenters. The Bertz CT molecular complexity index is 421. The molecular formula is C15H22N2O2S. The molecule has 1 aliphatic rings. The van der Waals surface area contributed by atoms with E-state index < -0.39 is 6.04 Å². The molecule has 0 aliphatic carbocycles. The van der Waals surface area contributed by atoms with Gasteiger partial charge in [-0.15, -0.1) is 0 Å². The molecule has 0 radical (unpaired) electrons. The SMILES string of the molecule is COCCN(C(=O)C(N)c1ccccc1)C1CCSC1. The van der Waals surface area contributed by atoms with E-state index in [0.29, 0.717) is 13.2 Å². The van der Waals surface area contributed by atoms with Gasteiger partial charge >= 0.3 is 0 Å². The van der Waals surface area contributed by atoms with Crippen molar-refractivity contribution in [1.29, 1.82) is 0 Å². The molecular weight excluding hydrogens is 272 g/mol. The first-order chi connectivity index (χ1) is 9.74. The number of amides is 1. The Hall–Kier alpha value is -1.04. The number of nitrogens with zero attached hydrogens (tertiary/aromatic N) is 1. The molecule has 5 heteroatoms. The summed E-state index contributed by atoms with van der Waals surface area (Å²) in [5.74, 6) is 2.11. The molecule has 2 N–H and O–H groups in total. The van der Waals surface area contributed by atoms with Gasteiger partial charge in [-0.2, -0.15) is 11.8 Å². The minimum atomic E-state index is -0.585. The maximum absolute atomic E-state index is 12.7. The van der Waals surface area contributed by atoms with Crippen molar-refractivity contribution in [2.75, 3.05) is 31.8 Å². The predicted octanol–water partition coefficient (Wildman–Crippen LogP) is 1.67. The van der Waals surface area contributed by atoms with E-state index in [1.54, 1.807) is 7.11 Å². The highest BCUT2D eigenvalue weighted by Crippen LogP contribution is 2.24. The van der Waals surface area contributed by atoms with Crippen LogP contribution in [0.4, 0.5) is 0 Å². The van der Waals surface area contributed by atoms with Gasteiger partial charge in [0, 0.05) is 25.4 Å². The summed E-state index contributed by atoms with van der Waals surface area (Å²) in [5, 5.41) is 0. The summed E-state index contributed by atoms with van der Waals surface area (Å²) in [7, 11) is 1.66. The van der Waals surface area contributed by atoms with Crippen molar-refractivity contribution >= 4 is 17.7 Å². The van der Waals surface area contributed by atoms with Crippen LogP contribution in [0, 0.1) is 0 Å². The van der Waals surface area contributed by atoms with Gasteiger partial charge in [-0.1, -0.05) is 30.3 Å². The number of ether oxygens (including phenoxy) is 1. The molecule has 0 spiro atoms. The van der Waals surface area contributed by atoms with E-state index in [2.05, 4.69) is 0 Å². The van der Waals surface area contributed by atoms with Crippen molar-refractivity contribution in [3.8, 4) is 0 Å². The van der Waals surface area contributed by atoms with E-state index in [1.165, 1.54) is 0 Å². The number of carbonyl (C=O) groups excluding carboxylic acids is 1. The highest BCUT2D eigenvalue weighted by Gasteiger charge is 2.30. The zero-order chi connectivity index (χ0) is 14.4. The summed E-state index contributed by atoms with van der Waals surface area (Å²) in [6.45, 7) is 1.16. The van der Waals surface area contributed by atoms with Gasteiger partial charge in [0.2, 0.25) is 5.91 Å². The number of hydrogen-bond donors (Lipinski definition) is 1. The van der Waals surface area contributed by atoms with Crippen molar-refractivity contribution in [2.24, 2.45) is 5.73 Å². The number of thioether (sulfide) groups is 1. The maximum Gasteiger partial charge on any atom is 0.244 e. The van der Waals surface area contributed by atoms with Crippen molar-refractivity contribution in [1.82, 2.24) is 4.90 Å². The average molecular weight is 294 g/mol. The zero-order valence-electron chi connectivity index (χ0n) is 11.8. The van der Waals surface area contributed by atoms with E-state index in [4.69, 9.17) is 10.5 Å². The maximum atomic E-state index is 12.7. The Balaban J connectivity index is 2.08. The van der Waals surface area contributed by atoms with Crippen LogP contribution in [0.1, 0.15) is 18.0 Å². The van der Waals surface area contributed by atoms with Gasteiger partial charge in [0.1, 0.15) is 6.04 Å². The second-order valence-electron chi connectivity index (χ2n) is 4.93. The topological polar surface area (TPSA) is 55.6 Å². The first-order valence-electron chi connectivity index (χ1n) is 6.91. The second-order valence-corrected chi connectivity index (χ2v) is 6.08. The van der Waals surface area contributed by atoms with Crippen LogP contribution in [0.3, 0.4) is 0 Å². The van der Waals surface area contributed by atoms with E-state index in [0.717, 1.165) is 23.5 Å². The molecule has 1 amide bonds. The molecule has 0 aromatic heterocycles. The quantitative estimate of drug-likeness (QED) is 0.867. The summed E-state index contributed by atoms with van der Waals surface area (Å²) in [5.41, 5.74) is 7.01. The first-order valence-corrected chi connectivity index (χ1v) is 8.07. The number of benzene rings is 1. The van der Waals surface area contributed by atoms with Crippen molar-refractivity contribution in [3.05, 3.63) is 35.9 Å². The molecule has 1 heterocycles. The number of hydrogen-bond acceptors (Lipinski definition) is 4. The Kier molecular flexibility index (Phi) is 5.88. The van der Waals surface area contributed by atoms with Crippen LogP contribution in [0.25, 0.3) is 0 Å². The molecule has 2 atom stereocenters. The fourth-order valence-corrected chi connectivity index (χ4v) is 3.64. The Morgan fingerprint density at radius 3 is 2.85 bits per heavy atom. The highest BCUT2D eigenvalue weighted by molar-refractivity contribution is 7.99. The van der Waals surface area contributed by atoms with Gasteiger partial charge in [-0.25, -0.2) is 0 Å². The summed E-state index contributed by atoms with van der Waals surface area (Å²) >= 11 is 1.89. The molecule has 1 fully saturated rings. The molecule has 1 aliphatic heterocycles. The van der Waals surface area contributed by atoms with Crippen LogP contribution >= 0.6 is 11.8 Å². The molecule has 4 nitrogen and oxygen atoms in total. The largest absolute Gasteiger partial charge is 0.383 e. The molecule has 0 saturated carbocycles. The summed E-state index contributed by atoms with van der Waals surface area (Å²) in [6, 6.07) is 9.26. The fraction of sp³-hybridized carbons (Fsp3) is 0.533. The van der Waals surface area contributed by atoms with Gasteiger partial charge in [0.15, 0.2) is 0 Å². The van der Waals surface area contributed by atoms with E-state index in [9.17, 15) is 4.79 Å². The van der Waals surface area contributed by atoms with Crippen LogP contribution in [0.15, 0.2) is 30.3 Å². The highest BCUT2D eigenvalue weighted by atomic mass is 32.2. The van der Waals surface area contributed by atoms with Gasteiger partial charge in [-0.3, -0.25) is 4.79 Å². The lowest BCUT2D eigenvalue weighted by molar-refractivity contribution is -0.135. The minimum Gasteiger partial charge on any atom is -0.383 e. The Morgan fingerprint density at radius 2 is 2.25 bits per heavy atom. The third-order valence-electron chi connectivity index (χ3n) is 3.59. The Morgan fingerprint density at radius 1 is 1.50 bits per heavy atom. The van der Waals surface area contributed by atoms with Gasteiger partial charge in [0.05, 0.1) is 6.61 Å². The van der Waals surface area contributed by atoms with E-state index in [1.807, 2.05) is 47.0 Å². The van der Waals surface area contributed by atoms with Gasteiger partial charge in [-0.05, 0) is 17.7 Å². The zero-order valence-corrected chi connectivity index (χ0v) is 12.6. The van der Waals surface area contributed by atoms with E-state index >= 15 is 0 Å². The molecule has 1 saturated heterocycles. The van der Waals surface area contributed by atoms with Crippen LogP contribution in [0.2, 0.25) is 0 Å². The van der Waals surface area contributed by atoms with Crippen LogP contribution in [-0.2, 0) is 9.53 Å². The van der Waals surface area contributed by atoms with Crippen molar-refractivity contribution in [3.63, 3.8) is 0 Å². The van der Waals surface area contributed by atoms with Crippen LogP contribution in [-0.4, -0.2) is 48.6 Å². The summed E-state index contributed by atoms with van der Waals surface area (Å²) in [6.07, 6.45) is 1.04. The minimum absolute atomic E-state index is 0.000694. The second kappa shape index (κ2) is 7.67. The Labute approximate surface area is 124 Å². The molecule has 0 bridgehead atoms. The van der Waals surface area contributed by atoms with E-state index in [-0.39, 0.29) is 11.9 Å². The molecule has 110 valence electrons. The molecule has 1 aromatic carbocycles. The third-order valence-corrected chi connectivity index (χ3v) is 4.74. The number of rotatable bonds is 6. The van der Waals surface area contributed by atoms with Crippen molar-refractivity contribution < 1.29 is 9.53 Å². The number of nitrogens with two attached hydrogens (primary N) is 1. The molecule has 1 aromatic rings. The fourth-order valence-electron chi connectivity index (χ4n) is 2.41. The lowest BCUT2D eigenvalue weighted by Gasteiger charge is -2.30. The summed E-state index contributed by atoms with van der Waals surface area (Å²) in [4.78, 5) is 14.6. The van der Waals surface area contributed by atoms with Crippen LogP contribution < -0.4 is 5.73 Å². The van der Waals surface area contributed by atoms with Crippen molar-refractivity contribution in [2.45, 2.75) is 18.5 Å². The number of methoxy groups -OCH3 is 1. The molecule has 20 heavy (non-hydrogen) atoms. The molecule has 2 rings (SSSR count). The lowest BCUT2D eigenvalue weighted by atomic mass is 10.1. The normalized spacial score (nSPS) is 19.8. The predicted molar refractivity (Wildman–Crippen MR) is 82.7 cm³/mol. The average Bonchev–Trinajstić information content (AvgIpc) is 3.01.